The van der Waals surface area contributed by atoms with Crippen molar-refractivity contribution in [2.75, 3.05) is 12.4 Å². The minimum Gasteiger partial charge on any atom is -0.481 e. The van der Waals surface area contributed by atoms with Gasteiger partial charge in [-0.15, -0.1) is 0 Å². The lowest BCUT2D eigenvalue weighted by Gasteiger charge is -2.38. The quantitative estimate of drug-likeness (QED) is 0.604. The number of carboxylic acid groups (broad SMARTS) is 1. The van der Waals surface area contributed by atoms with E-state index in [0.717, 1.165) is 38.5 Å². The van der Waals surface area contributed by atoms with Gasteiger partial charge in [-0.2, -0.15) is 0 Å². The third-order valence-electron chi connectivity index (χ3n) is 6.69. The van der Waals surface area contributed by atoms with E-state index in [1.54, 1.807) is 24.3 Å². The van der Waals surface area contributed by atoms with Gasteiger partial charge in [0.15, 0.2) is 0 Å². The van der Waals surface area contributed by atoms with E-state index in [1.807, 2.05) is 11.9 Å². The van der Waals surface area contributed by atoms with Crippen LogP contribution in [0, 0.1) is 11.8 Å². The second kappa shape index (κ2) is 10.1. The number of nitrogens with two attached hydrogens (primary N) is 1. The SMILES string of the molecule is CN(C(=O)C(N)C1CCC(CC(=O)Nc2cccc(CC(=O)O)c2)CC1)C1CCC1. The van der Waals surface area contributed by atoms with Crippen molar-refractivity contribution in [1.29, 1.82) is 0 Å². The Kier molecular flexibility index (Phi) is 7.48. The zero-order chi connectivity index (χ0) is 21.7. The van der Waals surface area contributed by atoms with Crippen LogP contribution >= 0.6 is 0 Å². The number of hydrogen-bond donors (Lipinski definition) is 3. The van der Waals surface area contributed by atoms with Crippen molar-refractivity contribution in [2.45, 2.75) is 69.9 Å². The highest BCUT2D eigenvalue weighted by Gasteiger charge is 2.34. The van der Waals surface area contributed by atoms with Gasteiger partial charge in [0.05, 0.1) is 12.5 Å². The number of carbonyl (C=O) groups excluding carboxylic acids is 2. The molecule has 7 nitrogen and oxygen atoms in total. The predicted octanol–water partition coefficient (Wildman–Crippen LogP) is 2.79. The highest BCUT2D eigenvalue weighted by molar-refractivity contribution is 5.91. The molecule has 0 spiro atoms. The molecular weight excluding hydrogens is 382 g/mol. The standard InChI is InChI=1S/C23H33N3O4/c1-26(19-6-3-7-19)23(30)22(24)17-10-8-15(9-11-17)13-20(27)25-18-5-2-4-16(12-18)14-21(28)29/h2,4-5,12,15,17,19,22H,3,6-11,13-14,24H2,1H3,(H,25,27)(H,28,29). The molecule has 2 aliphatic rings. The molecule has 1 aromatic rings. The number of carboxylic acids is 1. The minimum atomic E-state index is -0.897. The largest absolute Gasteiger partial charge is 0.481 e. The molecule has 1 aromatic carbocycles. The van der Waals surface area contributed by atoms with E-state index in [4.69, 9.17) is 10.8 Å². The van der Waals surface area contributed by atoms with E-state index < -0.39 is 12.0 Å². The first-order valence-corrected chi connectivity index (χ1v) is 11.0. The van der Waals surface area contributed by atoms with Gasteiger partial charge in [0.2, 0.25) is 11.8 Å². The molecule has 3 rings (SSSR count). The number of amides is 2. The molecule has 7 heteroatoms. The zero-order valence-electron chi connectivity index (χ0n) is 17.7. The van der Waals surface area contributed by atoms with Gasteiger partial charge in [-0.3, -0.25) is 14.4 Å². The molecule has 0 heterocycles. The number of benzene rings is 1. The van der Waals surface area contributed by atoms with Gasteiger partial charge in [-0.1, -0.05) is 12.1 Å². The summed E-state index contributed by atoms with van der Waals surface area (Å²) >= 11 is 0. The molecule has 0 radical (unpaired) electrons. The van der Waals surface area contributed by atoms with E-state index in [1.165, 1.54) is 6.42 Å². The van der Waals surface area contributed by atoms with Crippen LogP contribution in [0.1, 0.15) is 56.9 Å². The lowest BCUT2D eigenvalue weighted by molar-refractivity contribution is -0.137. The lowest BCUT2D eigenvalue weighted by Crippen LogP contribution is -2.52. The van der Waals surface area contributed by atoms with Gasteiger partial charge in [0.25, 0.3) is 0 Å². The highest BCUT2D eigenvalue weighted by Crippen LogP contribution is 2.33. The Hall–Kier alpha value is -2.41. The molecule has 0 bridgehead atoms. The van der Waals surface area contributed by atoms with Gasteiger partial charge in [-0.05, 0) is 74.5 Å². The van der Waals surface area contributed by atoms with Crippen LogP contribution in [0.15, 0.2) is 24.3 Å². The topological polar surface area (TPSA) is 113 Å². The van der Waals surface area contributed by atoms with Crippen LogP contribution in [0.3, 0.4) is 0 Å². The second-order valence-corrected chi connectivity index (χ2v) is 8.86. The van der Waals surface area contributed by atoms with Gasteiger partial charge < -0.3 is 21.1 Å². The number of rotatable bonds is 8. The number of likely N-dealkylation sites (N-methyl/N-ethyl adjacent to an activating group) is 1. The van der Waals surface area contributed by atoms with E-state index >= 15 is 0 Å². The zero-order valence-corrected chi connectivity index (χ0v) is 17.7. The molecule has 0 aliphatic heterocycles. The van der Waals surface area contributed by atoms with E-state index in [-0.39, 0.29) is 30.1 Å². The maximum atomic E-state index is 12.6. The average Bonchev–Trinajstić information content (AvgIpc) is 2.65. The third kappa shape index (κ3) is 5.81. The Balaban J connectivity index is 1.43. The summed E-state index contributed by atoms with van der Waals surface area (Å²) in [6.07, 6.45) is 7.25. The van der Waals surface area contributed by atoms with Crippen LogP contribution in [0.5, 0.6) is 0 Å². The number of carbonyl (C=O) groups is 3. The summed E-state index contributed by atoms with van der Waals surface area (Å²) in [5.74, 6) is -0.425. The van der Waals surface area contributed by atoms with Crippen molar-refractivity contribution in [1.82, 2.24) is 4.90 Å². The number of nitrogens with one attached hydrogen (secondary N) is 1. The minimum absolute atomic E-state index is 0.0575. The number of hydrogen-bond acceptors (Lipinski definition) is 4. The lowest BCUT2D eigenvalue weighted by atomic mass is 9.77. The molecule has 164 valence electrons. The first-order valence-electron chi connectivity index (χ1n) is 11.0. The molecule has 0 aromatic heterocycles. The Labute approximate surface area is 178 Å². The van der Waals surface area contributed by atoms with Crippen molar-refractivity contribution in [2.24, 2.45) is 17.6 Å². The van der Waals surface area contributed by atoms with Crippen LogP contribution in [-0.2, 0) is 20.8 Å². The Bertz CT molecular complexity index is 769. The van der Waals surface area contributed by atoms with Gasteiger partial charge >= 0.3 is 5.97 Å². The van der Waals surface area contributed by atoms with Gasteiger partial charge in [0.1, 0.15) is 0 Å². The van der Waals surface area contributed by atoms with Crippen molar-refractivity contribution in [3.05, 3.63) is 29.8 Å². The Morgan fingerprint density at radius 1 is 1.17 bits per heavy atom. The summed E-state index contributed by atoms with van der Waals surface area (Å²) in [6, 6.07) is 6.87. The van der Waals surface area contributed by atoms with E-state index in [9.17, 15) is 14.4 Å². The average molecular weight is 416 g/mol. The molecule has 30 heavy (non-hydrogen) atoms. The Morgan fingerprint density at radius 2 is 1.87 bits per heavy atom. The smallest absolute Gasteiger partial charge is 0.307 e. The predicted molar refractivity (Wildman–Crippen MR) is 115 cm³/mol. The van der Waals surface area contributed by atoms with Crippen LogP contribution < -0.4 is 11.1 Å². The number of aliphatic carboxylic acids is 1. The van der Waals surface area contributed by atoms with Crippen LogP contribution in [-0.4, -0.2) is 46.9 Å². The van der Waals surface area contributed by atoms with Crippen LogP contribution in [0.25, 0.3) is 0 Å². The molecule has 2 aliphatic carbocycles. The monoisotopic (exact) mass is 415 g/mol. The van der Waals surface area contributed by atoms with Crippen molar-refractivity contribution in [3.8, 4) is 0 Å². The highest BCUT2D eigenvalue weighted by atomic mass is 16.4. The molecule has 4 N–H and O–H groups in total. The maximum absolute atomic E-state index is 12.6. The fraction of sp³-hybridized carbons (Fsp3) is 0.609. The summed E-state index contributed by atoms with van der Waals surface area (Å²) in [6.45, 7) is 0. The summed E-state index contributed by atoms with van der Waals surface area (Å²) in [5, 5.41) is 11.8. The van der Waals surface area contributed by atoms with Crippen molar-refractivity contribution >= 4 is 23.5 Å². The molecule has 1 unspecified atom stereocenters. The first-order chi connectivity index (χ1) is 14.3. The first kappa shape index (κ1) is 22.3. The number of nitrogens with zero attached hydrogens (tertiary/aromatic N) is 1. The third-order valence-corrected chi connectivity index (χ3v) is 6.69. The van der Waals surface area contributed by atoms with Crippen LogP contribution in [0.2, 0.25) is 0 Å². The van der Waals surface area contributed by atoms with Crippen molar-refractivity contribution in [3.63, 3.8) is 0 Å². The van der Waals surface area contributed by atoms with Gasteiger partial charge in [-0.25, -0.2) is 0 Å². The fourth-order valence-corrected chi connectivity index (χ4v) is 4.55. The molecule has 2 amide bonds. The van der Waals surface area contributed by atoms with Gasteiger partial charge in [0, 0.05) is 25.2 Å². The van der Waals surface area contributed by atoms with Crippen LogP contribution in [0.4, 0.5) is 5.69 Å². The molecular formula is C23H33N3O4. The maximum Gasteiger partial charge on any atom is 0.307 e. The second-order valence-electron chi connectivity index (χ2n) is 8.86. The number of anilines is 1. The molecule has 0 saturated heterocycles. The van der Waals surface area contributed by atoms with E-state index in [2.05, 4.69) is 5.32 Å². The summed E-state index contributed by atoms with van der Waals surface area (Å²) in [5.41, 5.74) is 7.58. The van der Waals surface area contributed by atoms with Crippen molar-refractivity contribution < 1.29 is 19.5 Å². The summed E-state index contributed by atoms with van der Waals surface area (Å²) < 4.78 is 0. The molecule has 1 atom stereocenters. The van der Waals surface area contributed by atoms with E-state index in [0.29, 0.717) is 23.7 Å². The fourth-order valence-electron chi connectivity index (χ4n) is 4.55. The molecule has 2 saturated carbocycles. The Morgan fingerprint density at radius 3 is 2.47 bits per heavy atom. The normalized spacial score (nSPS) is 22.6. The summed E-state index contributed by atoms with van der Waals surface area (Å²) in [4.78, 5) is 37.8. The molecule has 2 fully saturated rings. The summed E-state index contributed by atoms with van der Waals surface area (Å²) in [7, 11) is 1.87.